The number of ether oxygens (including phenoxy) is 1. The second kappa shape index (κ2) is 6.87. The van der Waals surface area contributed by atoms with E-state index in [1.807, 2.05) is 12.1 Å². The summed E-state index contributed by atoms with van der Waals surface area (Å²) >= 11 is 4.26. The highest BCUT2D eigenvalue weighted by molar-refractivity contribution is 7.80. The summed E-state index contributed by atoms with van der Waals surface area (Å²) in [5.74, 6) is 1.69. The van der Waals surface area contributed by atoms with E-state index in [-0.39, 0.29) is 0 Å². The lowest BCUT2D eigenvalue weighted by Gasteiger charge is -2.36. The van der Waals surface area contributed by atoms with E-state index in [2.05, 4.69) is 41.1 Å². The summed E-state index contributed by atoms with van der Waals surface area (Å²) in [4.78, 5) is 4.84. The van der Waals surface area contributed by atoms with Gasteiger partial charge in [0.25, 0.3) is 0 Å². The first kappa shape index (κ1) is 14.3. The van der Waals surface area contributed by atoms with Crippen molar-refractivity contribution in [3.63, 3.8) is 0 Å². The van der Waals surface area contributed by atoms with E-state index >= 15 is 0 Å². The molecule has 1 fully saturated rings. The van der Waals surface area contributed by atoms with E-state index in [0.29, 0.717) is 0 Å². The number of thiol groups is 1. The molecule has 0 saturated carbocycles. The van der Waals surface area contributed by atoms with Crippen LogP contribution in [-0.2, 0) is 0 Å². The van der Waals surface area contributed by atoms with Crippen LogP contribution in [0.5, 0.6) is 5.75 Å². The second-order valence-corrected chi connectivity index (χ2v) is 5.19. The summed E-state index contributed by atoms with van der Waals surface area (Å²) in [7, 11) is 1.71. The summed E-state index contributed by atoms with van der Waals surface area (Å²) < 4.78 is 5.28. The molecule has 1 aliphatic rings. The topological polar surface area (TPSA) is 15.7 Å². The number of methoxy groups -OCH3 is 1. The minimum Gasteiger partial charge on any atom is -0.497 e. The molecule has 0 N–H and O–H groups in total. The monoisotopic (exact) mass is 278 g/mol. The van der Waals surface area contributed by atoms with Crippen molar-refractivity contribution in [2.24, 2.45) is 0 Å². The van der Waals surface area contributed by atoms with E-state index in [0.717, 1.165) is 44.2 Å². The molecule has 1 aromatic carbocycles. The smallest absolute Gasteiger partial charge is 0.120 e. The molecule has 19 heavy (non-hydrogen) atoms. The maximum absolute atomic E-state index is 5.28. The van der Waals surface area contributed by atoms with Gasteiger partial charge in [0.05, 0.1) is 7.11 Å². The van der Waals surface area contributed by atoms with Gasteiger partial charge in [-0.2, -0.15) is 12.6 Å². The fraction of sp³-hybridized carbons (Fsp3) is 0.467. The van der Waals surface area contributed by atoms with Gasteiger partial charge in [0, 0.05) is 50.2 Å². The minimum atomic E-state index is 0.774. The number of benzene rings is 1. The highest BCUT2D eigenvalue weighted by atomic mass is 32.1. The third kappa shape index (κ3) is 3.91. The van der Waals surface area contributed by atoms with Gasteiger partial charge in [0.1, 0.15) is 5.75 Å². The molecule has 0 aromatic heterocycles. The Balaban J connectivity index is 1.90. The zero-order valence-electron chi connectivity index (χ0n) is 11.5. The van der Waals surface area contributed by atoms with Crippen LogP contribution in [0.3, 0.4) is 0 Å². The van der Waals surface area contributed by atoms with Crippen LogP contribution in [-0.4, -0.2) is 50.5 Å². The second-order valence-electron chi connectivity index (χ2n) is 4.87. The van der Waals surface area contributed by atoms with Gasteiger partial charge in [-0.05, 0) is 12.1 Å². The standard InChI is InChI=1S/C15H22N2OS/c1-13(12-19)11-16-6-8-17(9-7-16)14-4-3-5-15(10-14)18-2/h3-5,10,19H,1,6-9,11-12H2,2H3. The van der Waals surface area contributed by atoms with Crippen molar-refractivity contribution in [3.05, 3.63) is 36.4 Å². The van der Waals surface area contributed by atoms with Crippen molar-refractivity contribution in [1.82, 2.24) is 4.90 Å². The van der Waals surface area contributed by atoms with Crippen LogP contribution in [0, 0.1) is 0 Å². The Hall–Kier alpha value is -1.13. The SMILES string of the molecule is C=C(CS)CN1CCN(c2cccc(OC)c2)CC1. The minimum absolute atomic E-state index is 0.774. The molecular formula is C15H22N2OS. The molecule has 3 nitrogen and oxygen atoms in total. The first-order valence-electron chi connectivity index (χ1n) is 6.62. The molecule has 0 spiro atoms. The largest absolute Gasteiger partial charge is 0.497 e. The highest BCUT2D eigenvalue weighted by Crippen LogP contribution is 2.22. The molecule has 2 rings (SSSR count). The van der Waals surface area contributed by atoms with Crippen molar-refractivity contribution < 1.29 is 4.74 Å². The van der Waals surface area contributed by atoms with Crippen LogP contribution in [0.25, 0.3) is 0 Å². The molecule has 1 heterocycles. The van der Waals surface area contributed by atoms with Gasteiger partial charge >= 0.3 is 0 Å². The number of nitrogens with zero attached hydrogens (tertiary/aromatic N) is 2. The predicted molar refractivity (Wildman–Crippen MR) is 84.6 cm³/mol. The van der Waals surface area contributed by atoms with Gasteiger partial charge in [-0.15, -0.1) is 0 Å². The first-order valence-corrected chi connectivity index (χ1v) is 7.25. The molecule has 1 saturated heterocycles. The number of hydrogen-bond acceptors (Lipinski definition) is 4. The molecular weight excluding hydrogens is 256 g/mol. The van der Waals surface area contributed by atoms with Crippen molar-refractivity contribution >= 4 is 18.3 Å². The molecule has 104 valence electrons. The molecule has 1 aromatic rings. The molecule has 4 heteroatoms. The predicted octanol–water partition coefficient (Wildman–Crippen LogP) is 2.30. The summed E-state index contributed by atoms with van der Waals surface area (Å²) in [5, 5.41) is 0. The van der Waals surface area contributed by atoms with E-state index < -0.39 is 0 Å². The van der Waals surface area contributed by atoms with Gasteiger partial charge in [-0.25, -0.2) is 0 Å². The lowest BCUT2D eigenvalue weighted by Crippen LogP contribution is -2.47. The zero-order valence-corrected chi connectivity index (χ0v) is 12.4. The fourth-order valence-electron chi connectivity index (χ4n) is 2.34. The molecule has 0 amide bonds. The third-order valence-electron chi connectivity index (χ3n) is 3.46. The fourth-order valence-corrected chi connectivity index (χ4v) is 2.44. The molecule has 0 radical (unpaired) electrons. The Bertz CT molecular complexity index is 428. The lowest BCUT2D eigenvalue weighted by molar-refractivity contribution is 0.279. The van der Waals surface area contributed by atoms with Crippen LogP contribution in [0.1, 0.15) is 0 Å². The highest BCUT2D eigenvalue weighted by Gasteiger charge is 2.17. The van der Waals surface area contributed by atoms with Crippen molar-refractivity contribution in [2.45, 2.75) is 0 Å². The summed E-state index contributed by atoms with van der Waals surface area (Å²) in [5.41, 5.74) is 2.44. The Kier molecular flexibility index (Phi) is 5.16. The van der Waals surface area contributed by atoms with E-state index in [1.54, 1.807) is 7.11 Å². The lowest BCUT2D eigenvalue weighted by atomic mass is 10.2. The van der Waals surface area contributed by atoms with Crippen LogP contribution in [0.2, 0.25) is 0 Å². The van der Waals surface area contributed by atoms with Crippen molar-refractivity contribution in [3.8, 4) is 5.75 Å². The van der Waals surface area contributed by atoms with Gasteiger partial charge in [0.15, 0.2) is 0 Å². The van der Waals surface area contributed by atoms with Crippen LogP contribution in [0.15, 0.2) is 36.4 Å². The number of hydrogen-bond donors (Lipinski definition) is 1. The van der Waals surface area contributed by atoms with Crippen molar-refractivity contribution in [2.75, 3.05) is 50.5 Å². The average Bonchev–Trinajstić information content (AvgIpc) is 2.48. The Labute approximate surface area is 121 Å². The Morgan fingerprint density at radius 3 is 2.68 bits per heavy atom. The summed E-state index contributed by atoms with van der Waals surface area (Å²) in [6, 6.07) is 8.27. The molecule has 0 aliphatic carbocycles. The normalized spacial score (nSPS) is 16.4. The van der Waals surface area contributed by atoms with Crippen molar-refractivity contribution in [1.29, 1.82) is 0 Å². The Morgan fingerprint density at radius 1 is 1.32 bits per heavy atom. The van der Waals surface area contributed by atoms with Gasteiger partial charge < -0.3 is 9.64 Å². The Morgan fingerprint density at radius 2 is 2.05 bits per heavy atom. The molecule has 0 unspecified atom stereocenters. The average molecular weight is 278 g/mol. The van der Waals surface area contributed by atoms with E-state index in [9.17, 15) is 0 Å². The number of anilines is 1. The van der Waals surface area contributed by atoms with Gasteiger partial charge in [-0.3, -0.25) is 4.90 Å². The quantitative estimate of drug-likeness (QED) is 0.657. The van der Waals surface area contributed by atoms with Crippen LogP contribution < -0.4 is 9.64 Å². The molecule has 0 bridgehead atoms. The number of piperazine rings is 1. The van der Waals surface area contributed by atoms with E-state index in [4.69, 9.17) is 4.74 Å². The maximum Gasteiger partial charge on any atom is 0.120 e. The zero-order chi connectivity index (χ0) is 13.7. The summed E-state index contributed by atoms with van der Waals surface area (Å²) in [6.45, 7) is 9.23. The van der Waals surface area contributed by atoms with Gasteiger partial charge in [0.2, 0.25) is 0 Å². The van der Waals surface area contributed by atoms with E-state index in [1.165, 1.54) is 11.3 Å². The van der Waals surface area contributed by atoms with Gasteiger partial charge in [-0.1, -0.05) is 18.2 Å². The maximum atomic E-state index is 5.28. The molecule has 1 aliphatic heterocycles. The van der Waals surface area contributed by atoms with Crippen LogP contribution >= 0.6 is 12.6 Å². The molecule has 0 atom stereocenters. The first-order chi connectivity index (χ1) is 9.22. The summed E-state index contributed by atoms with van der Waals surface area (Å²) in [6.07, 6.45) is 0. The van der Waals surface area contributed by atoms with Crippen LogP contribution in [0.4, 0.5) is 5.69 Å². The number of rotatable bonds is 5. The third-order valence-corrected chi connectivity index (χ3v) is 3.91.